The molecule has 10 heteroatoms. The molecule has 3 aromatic rings. The lowest BCUT2D eigenvalue weighted by molar-refractivity contribution is 0.602. The van der Waals surface area contributed by atoms with Gasteiger partial charge in [0, 0.05) is 0 Å². The second kappa shape index (κ2) is 6.35. The average Bonchev–Trinajstić information content (AvgIpc) is 2.92. The molecule has 0 unspecified atom stereocenters. The van der Waals surface area contributed by atoms with Gasteiger partial charge < -0.3 is 11.5 Å². The van der Waals surface area contributed by atoms with Gasteiger partial charge in [-0.25, -0.2) is 4.68 Å². The first-order chi connectivity index (χ1) is 10.7. The summed E-state index contributed by atoms with van der Waals surface area (Å²) in [4.78, 5) is 11.8. The molecule has 4 N–H and O–H groups in total. The number of hydrogen-bond acceptors (Lipinski definition) is 9. The van der Waals surface area contributed by atoms with E-state index in [1.54, 1.807) is 4.68 Å². The number of rotatable bonds is 5. The minimum absolute atomic E-state index is 0.104. The van der Waals surface area contributed by atoms with Crippen molar-refractivity contribution in [2.45, 2.75) is 17.5 Å². The van der Waals surface area contributed by atoms with Gasteiger partial charge in [-0.1, -0.05) is 42.1 Å². The van der Waals surface area contributed by atoms with Gasteiger partial charge in [0.05, 0.1) is 12.3 Å². The van der Waals surface area contributed by atoms with Crippen LogP contribution in [-0.2, 0) is 12.3 Å². The molecule has 9 nitrogen and oxygen atoms in total. The van der Waals surface area contributed by atoms with Crippen LogP contribution in [-0.4, -0.2) is 35.2 Å². The van der Waals surface area contributed by atoms with Crippen LogP contribution in [0.2, 0.25) is 0 Å². The Morgan fingerprint density at radius 1 is 1.00 bits per heavy atom. The normalized spacial score (nSPS) is 10.7. The van der Waals surface area contributed by atoms with Gasteiger partial charge in [0.2, 0.25) is 17.1 Å². The Bertz CT molecular complexity index is 738. The number of benzene rings is 1. The van der Waals surface area contributed by atoms with Crippen molar-refractivity contribution in [3.8, 4) is 0 Å². The fourth-order valence-corrected chi connectivity index (χ4v) is 2.54. The smallest absolute Gasteiger partial charge is 0.225 e. The van der Waals surface area contributed by atoms with Crippen molar-refractivity contribution in [3.63, 3.8) is 0 Å². The molecule has 0 atom stereocenters. The highest BCUT2D eigenvalue weighted by Gasteiger charge is 2.10. The average molecular weight is 315 g/mol. The van der Waals surface area contributed by atoms with Crippen molar-refractivity contribution in [1.29, 1.82) is 0 Å². The SMILES string of the molecule is Nc1nc(N)nc(CSc2nnnn2Cc2ccccc2)n1. The highest BCUT2D eigenvalue weighted by Crippen LogP contribution is 2.19. The first kappa shape index (κ1) is 14.2. The molecule has 0 spiro atoms. The van der Waals surface area contributed by atoms with Crippen molar-refractivity contribution in [1.82, 2.24) is 35.2 Å². The fourth-order valence-electron chi connectivity index (χ4n) is 1.81. The molecule has 0 radical (unpaired) electrons. The summed E-state index contributed by atoms with van der Waals surface area (Å²) in [6.07, 6.45) is 0. The molecule has 0 bridgehead atoms. The molecule has 0 aliphatic heterocycles. The molecule has 0 fully saturated rings. The minimum Gasteiger partial charge on any atom is -0.368 e. The Morgan fingerprint density at radius 3 is 2.45 bits per heavy atom. The van der Waals surface area contributed by atoms with E-state index in [9.17, 15) is 0 Å². The number of thioether (sulfide) groups is 1. The molecule has 0 saturated carbocycles. The fraction of sp³-hybridized carbons (Fsp3) is 0.167. The van der Waals surface area contributed by atoms with Crippen molar-refractivity contribution in [2.24, 2.45) is 0 Å². The maximum Gasteiger partial charge on any atom is 0.225 e. The summed E-state index contributed by atoms with van der Waals surface area (Å²) in [6.45, 7) is 0.595. The van der Waals surface area contributed by atoms with Crippen LogP contribution in [0.15, 0.2) is 35.5 Å². The molecule has 0 aliphatic carbocycles. The van der Waals surface area contributed by atoms with E-state index in [2.05, 4.69) is 30.5 Å². The van der Waals surface area contributed by atoms with Crippen molar-refractivity contribution < 1.29 is 0 Å². The third kappa shape index (κ3) is 3.47. The molecule has 112 valence electrons. The molecule has 2 aromatic heterocycles. The van der Waals surface area contributed by atoms with Gasteiger partial charge in [-0.15, -0.1) is 5.10 Å². The van der Waals surface area contributed by atoms with Gasteiger partial charge in [-0.3, -0.25) is 0 Å². The van der Waals surface area contributed by atoms with Crippen LogP contribution in [0.1, 0.15) is 11.4 Å². The molecule has 1 aromatic carbocycles. The third-order valence-electron chi connectivity index (χ3n) is 2.72. The van der Waals surface area contributed by atoms with Crippen molar-refractivity contribution in [3.05, 3.63) is 41.7 Å². The standard InChI is InChI=1S/C12H13N9S/c13-10-15-9(16-11(14)17-10)7-22-12-18-19-20-21(12)6-8-4-2-1-3-5-8/h1-5H,6-7H2,(H4,13,14,15,16,17). The van der Waals surface area contributed by atoms with Crippen LogP contribution >= 0.6 is 11.8 Å². The zero-order chi connectivity index (χ0) is 15.4. The predicted molar refractivity (Wildman–Crippen MR) is 81.6 cm³/mol. The summed E-state index contributed by atoms with van der Waals surface area (Å²) in [5.41, 5.74) is 12.2. The molecule has 0 saturated heterocycles. The monoisotopic (exact) mass is 315 g/mol. The number of nitrogens with two attached hydrogens (primary N) is 2. The lowest BCUT2D eigenvalue weighted by Crippen LogP contribution is -2.07. The second-order valence-electron chi connectivity index (χ2n) is 4.36. The third-order valence-corrected chi connectivity index (χ3v) is 3.67. The summed E-state index contributed by atoms with van der Waals surface area (Å²) in [5.74, 6) is 1.15. The number of aromatic nitrogens is 7. The zero-order valence-electron chi connectivity index (χ0n) is 11.5. The van der Waals surface area contributed by atoms with Gasteiger partial charge in [0.1, 0.15) is 5.82 Å². The molecular weight excluding hydrogens is 302 g/mol. The summed E-state index contributed by atoms with van der Waals surface area (Å²) in [7, 11) is 0. The highest BCUT2D eigenvalue weighted by atomic mass is 32.2. The molecule has 22 heavy (non-hydrogen) atoms. The van der Waals surface area contributed by atoms with Crippen LogP contribution in [0, 0.1) is 0 Å². The number of nitrogen functional groups attached to an aromatic ring is 2. The summed E-state index contributed by atoms with van der Waals surface area (Å²) < 4.78 is 1.72. The largest absolute Gasteiger partial charge is 0.368 e. The number of tetrazole rings is 1. The van der Waals surface area contributed by atoms with Crippen LogP contribution in [0.3, 0.4) is 0 Å². The van der Waals surface area contributed by atoms with Crippen molar-refractivity contribution in [2.75, 3.05) is 11.5 Å². The lowest BCUT2D eigenvalue weighted by Gasteiger charge is -2.04. The van der Waals surface area contributed by atoms with Crippen LogP contribution in [0.4, 0.5) is 11.9 Å². The lowest BCUT2D eigenvalue weighted by atomic mass is 10.2. The van der Waals surface area contributed by atoms with Crippen molar-refractivity contribution >= 4 is 23.7 Å². The molecule has 0 amide bonds. The van der Waals surface area contributed by atoms with E-state index in [-0.39, 0.29) is 11.9 Å². The van der Waals surface area contributed by atoms with E-state index in [4.69, 9.17) is 11.5 Å². The van der Waals surface area contributed by atoms with E-state index in [1.807, 2.05) is 30.3 Å². The topological polar surface area (TPSA) is 134 Å². The van der Waals surface area contributed by atoms with E-state index in [0.717, 1.165) is 5.56 Å². The first-order valence-electron chi connectivity index (χ1n) is 6.39. The quantitative estimate of drug-likeness (QED) is 0.640. The van der Waals surface area contributed by atoms with Crippen LogP contribution < -0.4 is 11.5 Å². The van der Waals surface area contributed by atoms with E-state index >= 15 is 0 Å². The van der Waals surface area contributed by atoms with E-state index < -0.39 is 0 Å². The van der Waals surface area contributed by atoms with Gasteiger partial charge in [-0.2, -0.15) is 15.0 Å². The number of hydrogen-bond donors (Lipinski definition) is 2. The predicted octanol–water partition coefficient (Wildman–Crippen LogP) is 0.363. The zero-order valence-corrected chi connectivity index (χ0v) is 12.3. The van der Waals surface area contributed by atoms with Gasteiger partial charge in [-0.05, 0) is 16.0 Å². The molecule has 3 rings (SSSR count). The van der Waals surface area contributed by atoms with Gasteiger partial charge in [0.15, 0.2) is 0 Å². The summed E-state index contributed by atoms with van der Waals surface area (Å²) >= 11 is 1.41. The molecule has 2 heterocycles. The first-order valence-corrected chi connectivity index (χ1v) is 7.38. The minimum atomic E-state index is 0.104. The van der Waals surface area contributed by atoms with Crippen LogP contribution in [0.25, 0.3) is 0 Å². The number of anilines is 2. The molecular formula is C12H13N9S. The summed E-state index contributed by atoms with van der Waals surface area (Å²) in [5, 5.41) is 12.4. The van der Waals surface area contributed by atoms with Gasteiger partial charge in [0.25, 0.3) is 0 Å². The van der Waals surface area contributed by atoms with Crippen LogP contribution in [0.5, 0.6) is 0 Å². The Hall–Kier alpha value is -2.75. The maximum absolute atomic E-state index is 5.54. The van der Waals surface area contributed by atoms with E-state index in [0.29, 0.717) is 23.3 Å². The highest BCUT2D eigenvalue weighted by molar-refractivity contribution is 7.98. The Balaban J connectivity index is 1.70. The Morgan fingerprint density at radius 2 is 1.73 bits per heavy atom. The Kier molecular flexibility index (Phi) is 4.10. The Labute approximate surface area is 130 Å². The molecule has 0 aliphatic rings. The number of nitrogens with zero attached hydrogens (tertiary/aromatic N) is 7. The van der Waals surface area contributed by atoms with E-state index in [1.165, 1.54) is 11.8 Å². The van der Waals surface area contributed by atoms with Gasteiger partial charge >= 0.3 is 0 Å². The second-order valence-corrected chi connectivity index (χ2v) is 5.30. The summed E-state index contributed by atoms with van der Waals surface area (Å²) in [6, 6.07) is 9.95. The maximum atomic E-state index is 5.54.